The molecule has 0 atom stereocenters. The summed E-state index contributed by atoms with van der Waals surface area (Å²) in [5, 5.41) is 0. The van der Waals surface area contributed by atoms with Gasteiger partial charge in [0.25, 0.3) is 0 Å². The van der Waals surface area contributed by atoms with Crippen molar-refractivity contribution in [2.75, 3.05) is 6.61 Å². The number of Topliss-reactive ketones (excluding diaryl/α,β-unsaturated/α-hetero) is 1. The van der Waals surface area contributed by atoms with Crippen molar-refractivity contribution >= 4 is 61.6 Å². The van der Waals surface area contributed by atoms with Crippen LogP contribution in [-0.2, 0) is 4.74 Å². The molecule has 0 amide bonds. The maximum absolute atomic E-state index is 11.8. The van der Waals surface area contributed by atoms with Crippen LogP contribution < -0.4 is 0 Å². The van der Waals surface area contributed by atoms with E-state index in [9.17, 15) is 9.59 Å². The summed E-state index contributed by atoms with van der Waals surface area (Å²) in [7, 11) is 0. The first-order chi connectivity index (χ1) is 9.06. The molecule has 0 aliphatic heterocycles. The molecule has 0 saturated carbocycles. The third-order valence-electron chi connectivity index (χ3n) is 2.26. The van der Waals surface area contributed by atoms with Gasteiger partial charge in [0.2, 0.25) is 5.78 Å². The van der Waals surface area contributed by atoms with E-state index in [1.807, 2.05) is 12.1 Å². The molecule has 19 heavy (non-hydrogen) atoms. The molecule has 3 nitrogen and oxygen atoms in total. The fourth-order valence-electron chi connectivity index (χ4n) is 1.34. The van der Waals surface area contributed by atoms with Gasteiger partial charge in [0.1, 0.15) is 0 Å². The molecule has 0 bridgehead atoms. The van der Waals surface area contributed by atoms with Gasteiger partial charge in [-0.3, -0.25) is 4.79 Å². The van der Waals surface area contributed by atoms with Crippen LogP contribution >= 0.6 is 49.9 Å². The molecule has 6 heteroatoms. The summed E-state index contributed by atoms with van der Waals surface area (Å²) >= 11 is 6.75. The van der Waals surface area contributed by atoms with E-state index < -0.39 is 5.97 Å². The Balaban J connectivity index is 1.93. The third kappa shape index (κ3) is 4.12. The van der Waals surface area contributed by atoms with Gasteiger partial charge in [0, 0.05) is 3.57 Å². The van der Waals surface area contributed by atoms with E-state index in [1.165, 1.54) is 11.3 Å². The number of esters is 1. The van der Waals surface area contributed by atoms with Crippen molar-refractivity contribution in [1.29, 1.82) is 0 Å². The first kappa shape index (κ1) is 14.7. The molecule has 0 saturated heterocycles. The molecular formula is C13H8BrIO3S. The second-order valence-electron chi connectivity index (χ2n) is 3.61. The van der Waals surface area contributed by atoms with Crippen molar-refractivity contribution in [2.24, 2.45) is 0 Å². The lowest BCUT2D eigenvalue weighted by Crippen LogP contribution is -2.13. The number of hydrogen-bond acceptors (Lipinski definition) is 4. The molecule has 1 aromatic heterocycles. The quantitative estimate of drug-likeness (QED) is 0.399. The van der Waals surface area contributed by atoms with Crippen molar-refractivity contribution in [3.8, 4) is 0 Å². The Kier molecular flexibility index (Phi) is 5.12. The van der Waals surface area contributed by atoms with Gasteiger partial charge in [-0.05, 0) is 74.9 Å². The van der Waals surface area contributed by atoms with Gasteiger partial charge in [-0.1, -0.05) is 0 Å². The molecular weight excluding hydrogens is 443 g/mol. The zero-order valence-corrected chi connectivity index (χ0v) is 14.1. The van der Waals surface area contributed by atoms with Gasteiger partial charge in [-0.15, -0.1) is 11.3 Å². The lowest BCUT2D eigenvalue weighted by atomic mass is 10.2. The summed E-state index contributed by atoms with van der Waals surface area (Å²) in [6, 6.07) is 10.5. The standard InChI is InChI=1S/C13H8BrIO3S/c14-12-6-5-11(19-12)10(16)7-18-13(17)8-1-3-9(15)4-2-8/h1-6H,7H2. The van der Waals surface area contributed by atoms with E-state index in [1.54, 1.807) is 24.3 Å². The summed E-state index contributed by atoms with van der Waals surface area (Å²) < 4.78 is 6.90. The first-order valence-electron chi connectivity index (χ1n) is 5.27. The van der Waals surface area contributed by atoms with E-state index in [-0.39, 0.29) is 12.4 Å². The molecule has 0 unspecified atom stereocenters. The highest BCUT2D eigenvalue weighted by atomic mass is 127. The van der Waals surface area contributed by atoms with Crippen LogP contribution in [0.3, 0.4) is 0 Å². The third-order valence-corrected chi connectivity index (χ3v) is 4.65. The average molecular weight is 451 g/mol. The Bertz CT molecular complexity index is 607. The normalized spacial score (nSPS) is 10.2. The zero-order valence-electron chi connectivity index (χ0n) is 9.56. The van der Waals surface area contributed by atoms with E-state index in [0.717, 1.165) is 7.36 Å². The van der Waals surface area contributed by atoms with E-state index in [0.29, 0.717) is 10.4 Å². The van der Waals surface area contributed by atoms with Gasteiger partial charge in [-0.25, -0.2) is 4.79 Å². The van der Waals surface area contributed by atoms with Crippen LogP contribution in [-0.4, -0.2) is 18.4 Å². The highest BCUT2D eigenvalue weighted by molar-refractivity contribution is 14.1. The number of halogens is 2. The second kappa shape index (κ2) is 6.62. The van der Waals surface area contributed by atoms with Crippen LogP contribution in [0.1, 0.15) is 20.0 Å². The number of hydrogen-bond donors (Lipinski definition) is 0. The van der Waals surface area contributed by atoms with Gasteiger partial charge in [0.05, 0.1) is 14.2 Å². The first-order valence-corrected chi connectivity index (χ1v) is 7.96. The van der Waals surface area contributed by atoms with Gasteiger partial charge >= 0.3 is 5.97 Å². The number of ketones is 1. The molecule has 1 aromatic carbocycles. The van der Waals surface area contributed by atoms with Crippen LogP contribution in [0.25, 0.3) is 0 Å². The van der Waals surface area contributed by atoms with Crippen molar-refractivity contribution in [1.82, 2.24) is 0 Å². The smallest absolute Gasteiger partial charge is 0.338 e. The Labute approximate surface area is 136 Å². The molecule has 0 radical (unpaired) electrons. The highest BCUT2D eigenvalue weighted by Crippen LogP contribution is 2.22. The second-order valence-corrected chi connectivity index (χ2v) is 7.32. The van der Waals surface area contributed by atoms with Crippen molar-refractivity contribution in [2.45, 2.75) is 0 Å². The largest absolute Gasteiger partial charge is 0.454 e. The molecule has 2 rings (SSSR count). The summed E-state index contributed by atoms with van der Waals surface area (Å²) in [6.07, 6.45) is 0. The predicted octanol–water partition coefficient (Wildman–Crippen LogP) is 4.15. The lowest BCUT2D eigenvalue weighted by molar-refractivity contribution is 0.0476. The number of carbonyl (C=O) groups is 2. The van der Waals surface area contributed by atoms with Crippen LogP contribution in [0.15, 0.2) is 40.2 Å². The highest BCUT2D eigenvalue weighted by Gasteiger charge is 2.13. The van der Waals surface area contributed by atoms with Crippen molar-refractivity contribution < 1.29 is 14.3 Å². The Morgan fingerprint density at radius 2 is 1.84 bits per heavy atom. The van der Waals surface area contributed by atoms with E-state index >= 15 is 0 Å². The topological polar surface area (TPSA) is 43.4 Å². The Morgan fingerprint density at radius 3 is 2.42 bits per heavy atom. The molecule has 0 fully saturated rings. The number of thiophene rings is 1. The molecule has 0 spiro atoms. The average Bonchev–Trinajstić information content (AvgIpc) is 2.83. The number of benzene rings is 1. The minimum Gasteiger partial charge on any atom is -0.454 e. The molecule has 0 aliphatic rings. The molecule has 1 heterocycles. The van der Waals surface area contributed by atoms with Crippen LogP contribution in [0.2, 0.25) is 0 Å². The SMILES string of the molecule is O=C(OCC(=O)c1ccc(Br)s1)c1ccc(I)cc1. The van der Waals surface area contributed by atoms with Gasteiger partial charge in [0.15, 0.2) is 6.61 Å². The minimum atomic E-state index is -0.486. The van der Waals surface area contributed by atoms with Crippen molar-refractivity contribution in [3.05, 3.63) is 54.2 Å². The Hall–Kier alpha value is -0.730. The maximum atomic E-state index is 11.8. The van der Waals surface area contributed by atoms with Gasteiger partial charge in [-0.2, -0.15) is 0 Å². The fourth-order valence-corrected chi connectivity index (χ4v) is 3.01. The number of ether oxygens (including phenoxy) is 1. The van der Waals surface area contributed by atoms with Crippen LogP contribution in [0.4, 0.5) is 0 Å². The monoisotopic (exact) mass is 450 g/mol. The van der Waals surface area contributed by atoms with E-state index in [4.69, 9.17) is 4.74 Å². The summed E-state index contributed by atoms with van der Waals surface area (Å²) in [6.45, 7) is -0.238. The number of rotatable bonds is 4. The minimum absolute atomic E-state index is 0.199. The Morgan fingerprint density at radius 1 is 1.16 bits per heavy atom. The zero-order chi connectivity index (χ0) is 13.8. The van der Waals surface area contributed by atoms with Crippen LogP contribution in [0, 0.1) is 3.57 Å². The maximum Gasteiger partial charge on any atom is 0.338 e. The lowest BCUT2D eigenvalue weighted by Gasteiger charge is -2.03. The fraction of sp³-hybridized carbons (Fsp3) is 0.0769. The summed E-state index contributed by atoms with van der Waals surface area (Å²) in [5.74, 6) is -0.685. The number of carbonyl (C=O) groups excluding carboxylic acids is 2. The summed E-state index contributed by atoms with van der Waals surface area (Å²) in [4.78, 5) is 24.0. The molecule has 0 aliphatic carbocycles. The van der Waals surface area contributed by atoms with Crippen molar-refractivity contribution in [3.63, 3.8) is 0 Å². The van der Waals surface area contributed by atoms with E-state index in [2.05, 4.69) is 38.5 Å². The van der Waals surface area contributed by atoms with Crippen LogP contribution in [0.5, 0.6) is 0 Å². The predicted molar refractivity (Wildman–Crippen MR) is 85.8 cm³/mol. The molecule has 98 valence electrons. The summed E-state index contributed by atoms with van der Waals surface area (Å²) in [5.41, 5.74) is 0.445. The molecule has 2 aromatic rings. The van der Waals surface area contributed by atoms with Gasteiger partial charge < -0.3 is 4.74 Å². The molecule has 0 N–H and O–H groups in total.